The smallest absolute Gasteiger partial charge is 0.0892 e. The van der Waals surface area contributed by atoms with Gasteiger partial charge in [-0.25, -0.2) is 0 Å². The third kappa shape index (κ3) is 3.72. The summed E-state index contributed by atoms with van der Waals surface area (Å²) in [4.78, 5) is 0. The first-order chi connectivity index (χ1) is 6.10. The van der Waals surface area contributed by atoms with Crippen LogP contribution >= 0.6 is 31.9 Å². The third-order valence-electron chi connectivity index (χ3n) is 2.43. The molecule has 76 valence electrons. The SMILES string of the molecule is CC1(C)OC1CC/C(=C/CBr)CBr. The highest BCUT2D eigenvalue weighted by molar-refractivity contribution is 9.09. The molecule has 1 heterocycles. The first-order valence-corrected chi connectivity index (χ1v) is 6.82. The number of rotatable bonds is 5. The molecule has 1 nitrogen and oxygen atoms in total. The summed E-state index contributed by atoms with van der Waals surface area (Å²) in [5, 5.41) is 1.93. The van der Waals surface area contributed by atoms with Gasteiger partial charge in [-0.2, -0.15) is 0 Å². The molecule has 3 heteroatoms. The van der Waals surface area contributed by atoms with Gasteiger partial charge in [0.1, 0.15) is 0 Å². The van der Waals surface area contributed by atoms with E-state index in [0.717, 1.165) is 23.5 Å². The van der Waals surface area contributed by atoms with Crippen LogP contribution in [0, 0.1) is 0 Å². The van der Waals surface area contributed by atoms with Crippen molar-refractivity contribution in [1.82, 2.24) is 0 Å². The van der Waals surface area contributed by atoms with E-state index in [2.05, 4.69) is 51.8 Å². The molecular weight excluding hydrogens is 296 g/mol. The van der Waals surface area contributed by atoms with Crippen molar-refractivity contribution >= 4 is 31.9 Å². The van der Waals surface area contributed by atoms with Crippen molar-refractivity contribution in [3.05, 3.63) is 11.6 Å². The van der Waals surface area contributed by atoms with E-state index >= 15 is 0 Å². The largest absolute Gasteiger partial charge is 0.367 e. The third-order valence-corrected chi connectivity index (χ3v) is 3.47. The molecule has 1 aliphatic rings. The molecule has 0 aliphatic carbocycles. The Morgan fingerprint density at radius 2 is 2.08 bits per heavy atom. The molecule has 0 aromatic heterocycles. The molecule has 1 atom stereocenters. The summed E-state index contributed by atoms with van der Waals surface area (Å²) in [6, 6.07) is 0. The van der Waals surface area contributed by atoms with Crippen LogP contribution in [-0.4, -0.2) is 22.4 Å². The minimum Gasteiger partial charge on any atom is -0.367 e. The zero-order valence-electron chi connectivity index (χ0n) is 8.15. The van der Waals surface area contributed by atoms with Gasteiger partial charge in [0.05, 0.1) is 11.7 Å². The van der Waals surface area contributed by atoms with E-state index in [4.69, 9.17) is 4.74 Å². The maximum Gasteiger partial charge on any atom is 0.0892 e. The normalized spacial score (nSPS) is 26.2. The number of allylic oxidation sites excluding steroid dienone is 2. The zero-order chi connectivity index (χ0) is 9.90. The molecule has 1 rings (SSSR count). The molecule has 0 bridgehead atoms. The lowest BCUT2D eigenvalue weighted by Crippen LogP contribution is -2.03. The Morgan fingerprint density at radius 3 is 2.46 bits per heavy atom. The van der Waals surface area contributed by atoms with E-state index in [1.807, 2.05) is 0 Å². The Bertz CT molecular complexity index is 199. The van der Waals surface area contributed by atoms with Crippen LogP contribution in [0.3, 0.4) is 0 Å². The first-order valence-electron chi connectivity index (χ1n) is 4.58. The van der Waals surface area contributed by atoms with Crippen molar-refractivity contribution in [3.63, 3.8) is 0 Å². The molecule has 0 aromatic rings. The molecule has 1 saturated heterocycles. The summed E-state index contributed by atoms with van der Waals surface area (Å²) in [5.41, 5.74) is 1.61. The molecule has 0 amide bonds. The summed E-state index contributed by atoms with van der Waals surface area (Å²) in [5.74, 6) is 0. The molecule has 0 N–H and O–H groups in total. The van der Waals surface area contributed by atoms with Gasteiger partial charge in [0.25, 0.3) is 0 Å². The predicted octanol–water partition coefficient (Wildman–Crippen LogP) is 3.66. The summed E-state index contributed by atoms with van der Waals surface area (Å²) < 4.78 is 5.52. The maximum atomic E-state index is 5.52. The van der Waals surface area contributed by atoms with Crippen molar-refractivity contribution < 1.29 is 4.74 Å². The van der Waals surface area contributed by atoms with Gasteiger partial charge in [-0.3, -0.25) is 0 Å². The van der Waals surface area contributed by atoms with Gasteiger partial charge in [-0.05, 0) is 26.7 Å². The Labute approximate surface area is 97.2 Å². The minimum atomic E-state index is 0.145. The highest BCUT2D eigenvalue weighted by Crippen LogP contribution is 2.39. The fourth-order valence-electron chi connectivity index (χ4n) is 1.39. The van der Waals surface area contributed by atoms with Gasteiger partial charge in [-0.15, -0.1) is 0 Å². The van der Waals surface area contributed by atoms with Crippen molar-refractivity contribution in [2.75, 3.05) is 10.7 Å². The number of hydrogen-bond acceptors (Lipinski definition) is 1. The Kier molecular flexibility index (Phi) is 4.46. The van der Waals surface area contributed by atoms with Crippen molar-refractivity contribution in [2.45, 2.75) is 38.4 Å². The fraction of sp³-hybridized carbons (Fsp3) is 0.800. The van der Waals surface area contributed by atoms with E-state index in [9.17, 15) is 0 Å². The number of alkyl halides is 2. The Balaban J connectivity index is 2.22. The van der Waals surface area contributed by atoms with E-state index in [1.165, 1.54) is 5.57 Å². The Morgan fingerprint density at radius 1 is 1.46 bits per heavy atom. The van der Waals surface area contributed by atoms with Crippen molar-refractivity contribution in [3.8, 4) is 0 Å². The van der Waals surface area contributed by atoms with Crippen LogP contribution in [0.2, 0.25) is 0 Å². The second-order valence-electron chi connectivity index (χ2n) is 3.90. The Hall–Kier alpha value is 0.660. The van der Waals surface area contributed by atoms with E-state index in [-0.39, 0.29) is 5.60 Å². The number of ether oxygens (including phenoxy) is 1. The van der Waals surface area contributed by atoms with Crippen LogP contribution in [-0.2, 0) is 4.74 Å². The van der Waals surface area contributed by atoms with Crippen LogP contribution in [0.5, 0.6) is 0 Å². The average molecular weight is 312 g/mol. The summed E-state index contributed by atoms with van der Waals surface area (Å²) in [7, 11) is 0. The number of hydrogen-bond donors (Lipinski definition) is 0. The lowest BCUT2D eigenvalue weighted by Gasteiger charge is -2.01. The van der Waals surface area contributed by atoms with Crippen LogP contribution in [0.15, 0.2) is 11.6 Å². The van der Waals surface area contributed by atoms with Crippen LogP contribution in [0.25, 0.3) is 0 Å². The van der Waals surface area contributed by atoms with Crippen LogP contribution in [0.4, 0.5) is 0 Å². The molecule has 0 radical (unpaired) electrons. The van der Waals surface area contributed by atoms with Gasteiger partial charge >= 0.3 is 0 Å². The van der Waals surface area contributed by atoms with Crippen LogP contribution in [0.1, 0.15) is 26.7 Å². The number of halogens is 2. The average Bonchev–Trinajstić information content (AvgIpc) is 2.68. The van der Waals surface area contributed by atoms with Gasteiger partial charge in [0, 0.05) is 10.7 Å². The number of epoxide rings is 1. The summed E-state index contributed by atoms with van der Waals surface area (Å²) in [6.45, 7) is 4.30. The molecule has 1 aliphatic heterocycles. The van der Waals surface area contributed by atoms with E-state index in [0.29, 0.717) is 6.10 Å². The van der Waals surface area contributed by atoms with Crippen LogP contribution < -0.4 is 0 Å². The molecule has 0 aromatic carbocycles. The summed E-state index contributed by atoms with van der Waals surface area (Å²) >= 11 is 6.89. The topological polar surface area (TPSA) is 12.5 Å². The second kappa shape index (κ2) is 4.94. The van der Waals surface area contributed by atoms with Gasteiger partial charge in [0.2, 0.25) is 0 Å². The fourth-order valence-corrected chi connectivity index (χ4v) is 2.36. The van der Waals surface area contributed by atoms with Gasteiger partial charge in [-0.1, -0.05) is 43.5 Å². The van der Waals surface area contributed by atoms with Crippen molar-refractivity contribution in [1.29, 1.82) is 0 Å². The van der Waals surface area contributed by atoms with E-state index < -0.39 is 0 Å². The summed E-state index contributed by atoms with van der Waals surface area (Å²) in [6.07, 6.45) is 5.00. The monoisotopic (exact) mass is 310 g/mol. The predicted molar refractivity (Wildman–Crippen MR) is 63.9 cm³/mol. The minimum absolute atomic E-state index is 0.145. The first kappa shape index (κ1) is 11.7. The molecule has 0 saturated carbocycles. The molecule has 0 spiro atoms. The zero-order valence-corrected chi connectivity index (χ0v) is 11.3. The molecule has 1 unspecified atom stereocenters. The molecule has 1 fully saturated rings. The highest BCUT2D eigenvalue weighted by Gasteiger charge is 2.46. The van der Waals surface area contributed by atoms with E-state index in [1.54, 1.807) is 0 Å². The second-order valence-corrected chi connectivity index (χ2v) is 5.11. The standard InChI is InChI=1S/C10H16Br2O/c1-10(2)9(13-10)4-3-8(7-12)5-6-11/h5,9H,3-4,6-7H2,1-2H3/b8-5-. The molecule has 13 heavy (non-hydrogen) atoms. The molecular formula is C10H16Br2O. The van der Waals surface area contributed by atoms with Gasteiger partial charge < -0.3 is 4.74 Å². The quantitative estimate of drug-likeness (QED) is 0.429. The lowest BCUT2D eigenvalue weighted by molar-refractivity contribution is 0.320. The maximum absolute atomic E-state index is 5.52. The lowest BCUT2D eigenvalue weighted by atomic mass is 10.0. The van der Waals surface area contributed by atoms with Crippen molar-refractivity contribution in [2.24, 2.45) is 0 Å². The van der Waals surface area contributed by atoms with Gasteiger partial charge in [0.15, 0.2) is 0 Å². The highest BCUT2D eigenvalue weighted by atomic mass is 79.9.